The van der Waals surface area contributed by atoms with Crippen LogP contribution in [0.2, 0.25) is 0 Å². The van der Waals surface area contributed by atoms with Gasteiger partial charge in [0.2, 0.25) is 0 Å². The summed E-state index contributed by atoms with van der Waals surface area (Å²) in [7, 11) is 0. The number of nitrogens with one attached hydrogen (secondary N) is 1. The zero-order valence-electron chi connectivity index (χ0n) is 14.6. The number of rotatable bonds is 5. The van der Waals surface area contributed by atoms with Crippen LogP contribution in [0.3, 0.4) is 0 Å². The van der Waals surface area contributed by atoms with Gasteiger partial charge in [-0.1, -0.05) is 20.8 Å². The molecule has 2 rings (SSSR count). The molecule has 0 saturated carbocycles. The third kappa shape index (κ3) is 5.49. The smallest absolute Gasteiger partial charge is 0.255 e. The number of hydrogen-bond donors (Lipinski definition) is 1. The number of thioether (sulfide) groups is 1. The van der Waals surface area contributed by atoms with Gasteiger partial charge in [-0.05, 0) is 35.8 Å². The van der Waals surface area contributed by atoms with E-state index in [1.165, 1.54) is 30.0 Å². The molecule has 1 amide bonds. The van der Waals surface area contributed by atoms with E-state index in [1.54, 1.807) is 0 Å². The fourth-order valence-electron chi connectivity index (χ4n) is 2.05. The number of anilines is 1. The first-order chi connectivity index (χ1) is 12.1. The van der Waals surface area contributed by atoms with Gasteiger partial charge in [0.1, 0.15) is 5.82 Å². The summed E-state index contributed by atoms with van der Waals surface area (Å²) >= 11 is 1.29. The predicted octanol–water partition coefficient (Wildman–Crippen LogP) is 6.02. The molecule has 0 fully saturated rings. The SMILES string of the molecule is CC(C)(C)CCSc1cc(C(=O)Nc2cc(F)c(F)c(F)c2)ccc1F. The Kier molecular flexibility index (Phi) is 6.34. The molecular formula is C19H19F4NOS. The molecule has 0 heterocycles. The molecule has 0 bridgehead atoms. The van der Waals surface area contributed by atoms with E-state index in [4.69, 9.17) is 0 Å². The van der Waals surface area contributed by atoms with E-state index in [-0.39, 0.29) is 16.7 Å². The van der Waals surface area contributed by atoms with Gasteiger partial charge in [-0.25, -0.2) is 17.6 Å². The van der Waals surface area contributed by atoms with Crippen LogP contribution in [0.1, 0.15) is 37.6 Å². The van der Waals surface area contributed by atoms with Gasteiger partial charge in [-0.15, -0.1) is 11.8 Å². The topological polar surface area (TPSA) is 29.1 Å². The van der Waals surface area contributed by atoms with Crippen LogP contribution in [0.4, 0.5) is 23.2 Å². The van der Waals surface area contributed by atoms with Crippen molar-refractivity contribution in [3.05, 3.63) is 59.2 Å². The van der Waals surface area contributed by atoms with E-state index in [2.05, 4.69) is 26.1 Å². The molecule has 0 spiro atoms. The van der Waals surface area contributed by atoms with Crippen molar-refractivity contribution in [3.63, 3.8) is 0 Å². The van der Waals surface area contributed by atoms with Crippen molar-refractivity contribution < 1.29 is 22.4 Å². The Balaban J connectivity index is 2.13. The Morgan fingerprint density at radius 1 is 1.00 bits per heavy atom. The maximum atomic E-state index is 13.9. The minimum atomic E-state index is -1.61. The van der Waals surface area contributed by atoms with E-state index in [0.717, 1.165) is 6.42 Å². The first-order valence-electron chi connectivity index (χ1n) is 7.95. The highest BCUT2D eigenvalue weighted by atomic mass is 32.2. The summed E-state index contributed by atoms with van der Waals surface area (Å²) in [6, 6.07) is 5.18. The molecule has 0 aliphatic rings. The van der Waals surface area contributed by atoms with Crippen LogP contribution in [-0.2, 0) is 0 Å². The van der Waals surface area contributed by atoms with Crippen LogP contribution in [0, 0.1) is 28.7 Å². The lowest BCUT2D eigenvalue weighted by Crippen LogP contribution is -2.13. The van der Waals surface area contributed by atoms with Gasteiger partial charge in [-0.2, -0.15) is 0 Å². The van der Waals surface area contributed by atoms with Crippen LogP contribution < -0.4 is 5.32 Å². The fraction of sp³-hybridized carbons (Fsp3) is 0.316. The lowest BCUT2D eigenvalue weighted by atomic mass is 9.94. The average molecular weight is 385 g/mol. The highest BCUT2D eigenvalue weighted by Crippen LogP contribution is 2.28. The summed E-state index contributed by atoms with van der Waals surface area (Å²) < 4.78 is 53.4. The van der Waals surface area contributed by atoms with Crippen LogP contribution >= 0.6 is 11.8 Å². The highest BCUT2D eigenvalue weighted by molar-refractivity contribution is 7.99. The van der Waals surface area contributed by atoms with Crippen molar-refractivity contribution in [1.29, 1.82) is 0 Å². The van der Waals surface area contributed by atoms with E-state index < -0.39 is 29.2 Å². The second kappa shape index (κ2) is 8.12. The predicted molar refractivity (Wildman–Crippen MR) is 95.5 cm³/mol. The van der Waals surface area contributed by atoms with Crippen molar-refractivity contribution >= 4 is 23.4 Å². The molecule has 0 unspecified atom stereocenters. The molecule has 140 valence electrons. The highest BCUT2D eigenvalue weighted by Gasteiger charge is 2.15. The summed E-state index contributed by atoms with van der Waals surface area (Å²) in [5, 5.41) is 2.28. The Labute approximate surface area is 154 Å². The second-order valence-corrected chi connectivity index (χ2v) is 8.15. The minimum absolute atomic E-state index is 0.106. The van der Waals surface area contributed by atoms with Crippen LogP contribution in [0.15, 0.2) is 35.2 Å². The largest absolute Gasteiger partial charge is 0.322 e. The molecule has 0 atom stereocenters. The molecule has 0 saturated heterocycles. The Morgan fingerprint density at radius 3 is 2.19 bits per heavy atom. The quantitative estimate of drug-likeness (QED) is 0.387. The first-order valence-corrected chi connectivity index (χ1v) is 8.93. The van der Waals surface area contributed by atoms with Gasteiger partial charge in [0.25, 0.3) is 5.91 Å². The van der Waals surface area contributed by atoms with E-state index in [1.807, 2.05) is 0 Å². The molecule has 2 nitrogen and oxygen atoms in total. The van der Waals surface area contributed by atoms with Crippen molar-refractivity contribution in [2.45, 2.75) is 32.1 Å². The Morgan fingerprint density at radius 2 is 1.62 bits per heavy atom. The Hall–Kier alpha value is -2.02. The summed E-state index contributed by atoms with van der Waals surface area (Å²) in [4.78, 5) is 12.6. The zero-order valence-corrected chi connectivity index (χ0v) is 15.4. The van der Waals surface area contributed by atoms with Gasteiger partial charge in [0.05, 0.1) is 0 Å². The van der Waals surface area contributed by atoms with Gasteiger partial charge in [0.15, 0.2) is 17.5 Å². The van der Waals surface area contributed by atoms with Gasteiger partial charge in [0, 0.05) is 28.3 Å². The monoisotopic (exact) mass is 385 g/mol. The number of carbonyl (C=O) groups excluding carboxylic acids is 1. The summed E-state index contributed by atoms with van der Waals surface area (Å²) in [5.74, 6) is -4.86. The summed E-state index contributed by atoms with van der Waals surface area (Å²) in [6.07, 6.45) is 0.863. The number of hydrogen-bond acceptors (Lipinski definition) is 2. The minimum Gasteiger partial charge on any atom is -0.322 e. The summed E-state index contributed by atoms with van der Waals surface area (Å²) in [6.45, 7) is 6.23. The van der Waals surface area contributed by atoms with Gasteiger partial charge >= 0.3 is 0 Å². The molecule has 0 aromatic heterocycles. The third-order valence-corrected chi connectivity index (χ3v) is 4.58. The van der Waals surface area contributed by atoms with Crippen molar-refractivity contribution in [1.82, 2.24) is 0 Å². The van der Waals surface area contributed by atoms with Gasteiger partial charge in [-0.3, -0.25) is 4.79 Å². The van der Waals surface area contributed by atoms with Crippen LogP contribution in [0.25, 0.3) is 0 Å². The number of amides is 1. The molecule has 2 aromatic carbocycles. The number of halogens is 4. The lowest BCUT2D eigenvalue weighted by molar-refractivity contribution is 0.102. The molecule has 0 aliphatic heterocycles. The van der Waals surface area contributed by atoms with Crippen molar-refractivity contribution in [3.8, 4) is 0 Å². The molecule has 2 aromatic rings. The first kappa shape index (κ1) is 20.3. The zero-order chi connectivity index (χ0) is 19.5. The average Bonchev–Trinajstić information content (AvgIpc) is 2.53. The van der Waals surface area contributed by atoms with Crippen LogP contribution in [-0.4, -0.2) is 11.7 Å². The molecular weight excluding hydrogens is 366 g/mol. The fourth-order valence-corrected chi connectivity index (χ4v) is 3.40. The van der Waals surface area contributed by atoms with Crippen molar-refractivity contribution in [2.24, 2.45) is 5.41 Å². The maximum absolute atomic E-state index is 13.9. The Bertz CT molecular complexity index is 795. The van der Waals surface area contributed by atoms with Crippen LogP contribution in [0.5, 0.6) is 0 Å². The maximum Gasteiger partial charge on any atom is 0.255 e. The second-order valence-electron chi connectivity index (χ2n) is 7.01. The number of benzene rings is 2. The molecule has 1 N–H and O–H groups in total. The van der Waals surface area contributed by atoms with E-state index in [9.17, 15) is 22.4 Å². The van der Waals surface area contributed by atoms with Crippen molar-refractivity contribution in [2.75, 3.05) is 11.1 Å². The third-order valence-electron chi connectivity index (χ3n) is 3.54. The molecule has 26 heavy (non-hydrogen) atoms. The molecule has 0 aliphatic carbocycles. The summed E-state index contributed by atoms with van der Waals surface area (Å²) in [5.41, 5.74) is 0.0160. The normalized spacial score (nSPS) is 11.5. The van der Waals surface area contributed by atoms with E-state index >= 15 is 0 Å². The standard InChI is InChI=1S/C19H19F4NOS/c1-19(2,3)6-7-26-16-8-11(4-5-13(16)20)18(25)24-12-9-14(21)17(23)15(22)10-12/h4-5,8-10H,6-7H2,1-3H3,(H,24,25). The number of carbonyl (C=O) groups is 1. The van der Waals surface area contributed by atoms with E-state index in [0.29, 0.717) is 22.8 Å². The molecule has 7 heteroatoms. The lowest BCUT2D eigenvalue weighted by Gasteiger charge is -2.17. The van der Waals surface area contributed by atoms with Gasteiger partial charge < -0.3 is 5.32 Å². The molecule has 0 radical (unpaired) electrons.